The number of nitrogens with zero attached hydrogens (tertiary/aromatic N) is 5. The topological polar surface area (TPSA) is 48.5 Å². The molecule has 0 aliphatic heterocycles. The number of hydrogen-bond donors (Lipinski definition) is 0. The molecule has 3 heterocycles. The summed E-state index contributed by atoms with van der Waals surface area (Å²) < 4.78 is 4.88. The monoisotopic (exact) mass is 945 g/mol. The van der Waals surface area contributed by atoms with Crippen LogP contribution in [0.15, 0.2) is 274 Å². The summed E-state index contributed by atoms with van der Waals surface area (Å²) in [6.07, 6.45) is 9.87. The average molecular weight is 946 g/mol. The minimum absolute atomic E-state index is 0.583. The first-order valence-electron chi connectivity index (χ1n) is 25.0. The second kappa shape index (κ2) is 19.0. The molecule has 0 aliphatic rings. The van der Waals surface area contributed by atoms with Crippen molar-refractivity contribution in [2.24, 2.45) is 0 Å². The molecular weight excluding hydrogens is 899 g/mol. The SMILES string of the molecule is C=C/C=C\C=C\c1ccc(-c2cc(-c3nc(-c4ccccc4)nc(-c4ccccc4)n3)cc(-c3ccc(-c4ccccc4)cc3)c2-n2c3ccccc3c3cc(-n4c5ccccc5c5ccccc54)ccc32)cc1. The van der Waals surface area contributed by atoms with Crippen LogP contribution in [-0.2, 0) is 0 Å². The Morgan fingerprint density at radius 2 is 0.730 bits per heavy atom. The van der Waals surface area contributed by atoms with Crippen LogP contribution < -0.4 is 0 Å². The zero-order valence-corrected chi connectivity index (χ0v) is 40.4. The fraction of sp³-hybridized carbons (Fsp3) is 0. The van der Waals surface area contributed by atoms with Gasteiger partial charge in [0.1, 0.15) is 0 Å². The van der Waals surface area contributed by atoms with Gasteiger partial charge in [-0.05, 0) is 76.3 Å². The molecule has 0 amide bonds. The van der Waals surface area contributed by atoms with E-state index in [1.54, 1.807) is 6.08 Å². The van der Waals surface area contributed by atoms with E-state index in [0.717, 1.165) is 88.8 Å². The zero-order valence-electron chi connectivity index (χ0n) is 40.4. The van der Waals surface area contributed by atoms with Crippen molar-refractivity contribution in [3.05, 3.63) is 279 Å². The van der Waals surface area contributed by atoms with E-state index < -0.39 is 0 Å². The molecule has 13 rings (SSSR count). The van der Waals surface area contributed by atoms with Crippen molar-refractivity contribution in [2.75, 3.05) is 0 Å². The van der Waals surface area contributed by atoms with Crippen molar-refractivity contribution in [3.63, 3.8) is 0 Å². The molecule has 0 N–H and O–H groups in total. The standard InChI is InChI=1S/C69H47N5/c1-2-3-4-8-21-47-34-36-50(37-35-47)59-44-54(69-71-67(52-24-11-6-12-25-52)70-68(72-69)53-26-13-7-14-27-53)45-60(51-40-38-49(39-41-51)48-22-9-5-10-23-48)66(59)74-64-33-20-17-30-58(64)61-46-55(42-43-65(61)74)73-62-31-18-15-28-56(62)57-29-16-19-32-63(57)73/h2-46H,1H2/b4-3-,21-8+. The number of rotatable bonds is 11. The maximum atomic E-state index is 5.30. The van der Waals surface area contributed by atoms with Crippen molar-refractivity contribution in [3.8, 4) is 78.9 Å². The lowest BCUT2D eigenvalue weighted by molar-refractivity contribution is 1.07. The molecule has 0 spiro atoms. The van der Waals surface area contributed by atoms with Crippen LogP contribution in [0.4, 0.5) is 0 Å². The van der Waals surface area contributed by atoms with Gasteiger partial charge in [-0.25, -0.2) is 15.0 Å². The van der Waals surface area contributed by atoms with E-state index in [2.05, 4.69) is 228 Å². The Balaban J connectivity index is 1.11. The highest BCUT2D eigenvalue weighted by molar-refractivity contribution is 6.13. The van der Waals surface area contributed by atoms with Gasteiger partial charge >= 0.3 is 0 Å². The fourth-order valence-electron chi connectivity index (χ4n) is 10.5. The van der Waals surface area contributed by atoms with Crippen LogP contribution in [0.25, 0.3) is 129 Å². The summed E-state index contributed by atoms with van der Waals surface area (Å²) in [6, 6.07) is 86.5. The Labute approximate surface area is 429 Å². The van der Waals surface area contributed by atoms with Crippen LogP contribution >= 0.6 is 0 Å². The van der Waals surface area contributed by atoms with Gasteiger partial charge in [0.25, 0.3) is 0 Å². The predicted molar refractivity (Wildman–Crippen MR) is 309 cm³/mol. The van der Waals surface area contributed by atoms with Crippen LogP contribution in [0.1, 0.15) is 5.56 Å². The first-order chi connectivity index (χ1) is 36.7. The lowest BCUT2D eigenvalue weighted by atomic mass is 9.91. The highest BCUT2D eigenvalue weighted by Crippen LogP contribution is 2.45. The largest absolute Gasteiger partial charge is 0.309 e. The van der Waals surface area contributed by atoms with Gasteiger partial charge in [0, 0.05) is 55.0 Å². The number of aromatic nitrogens is 5. The zero-order chi connectivity index (χ0) is 49.4. The molecule has 74 heavy (non-hydrogen) atoms. The van der Waals surface area contributed by atoms with Gasteiger partial charge in [0.15, 0.2) is 17.5 Å². The summed E-state index contributed by atoms with van der Waals surface area (Å²) in [5.41, 5.74) is 17.0. The molecule has 13 aromatic rings. The quantitative estimate of drug-likeness (QED) is 0.121. The normalized spacial score (nSPS) is 11.7. The summed E-state index contributed by atoms with van der Waals surface area (Å²) in [4.78, 5) is 15.7. The third kappa shape index (κ3) is 7.99. The Morgan fingerprint density at radius 3 is 1.27 bits per heavy atom. The van der Waals surface area contributed by atoms with Crippen LogP contribution in [0, 0.1) is 0 Å². The number of fused-ring (bicyclic) bond motifs is 6. The molecule has 5 nitrogen and oxygen atoms in total. The highest BCUT2D eigenvalue weighted by atomic mass is 15.0. The Kier molecular flexibility index (Phi) is 11.3. The molecule has 348 valence electrons. The Hall–Kier alpha value is -9.97. The fourth-order valence-corrected chi connectivity index (χ4v) is 10.5. The molecule has 0 saturated carbocycles. The molecule has 0 unspecified atom stereocenters. The number of hydrogen-bond acceptors (Lipinski definition) is 3. The second-order valence-corrected chi connectivity index (χ2v) is 18.4. The van der Waals surface area contributed by atoms with Gasteiger partial charge in [-0.2, -0.15) is 0 Å². The van der Waals surface area contributed by atoms with Crippen molar-refractivity contribution in [1.82, 2.24) is 24.1 Å². The van der Waals surface area contributed by atoms with E-state index in [1.807, 2.05) is 54.6 Å². The summed E-state index contributed by atoms with van der Waals surface area (Å²) in [6.45, 7) is 3.84. The maximum absolute atomic E-state index is 5.30. The van der Waals surface area contributed by atoms with Crippen molar-refractivity contribution in [1.29, 1.82) is 0 Å². The number of benzene rings is 10. The molecule has 10 aromatic carbocycles. The van der Waals surface area contributed by atoms with E-state index in [4.69, 9.17) is 15.0 Å². The van der Waals surface area contributed by atoms with Crippen LogP contribution in [0.5, 0.6) is 0 Å². The Morgan fingerprint density at radius 1 is 0.311 bits per heavy atom. The van der Waals surface area contributed by atoms with Gasteiger partial charge in [0.05, 0.1) is 27.8 Å². The summed E-state index contributed by atoms with van der Waals surface area (Å²) in [5.74, 6) is 1.80. The third-order valence-corrected chi connectivity index (χ3v) is 14.0. The Bertz CT molecular complexity index is 4170. The van der Waals surface area contributed by atoms with Gasteiger partial charge in [0.2, 0.25) is 0 Å². The summed E-state index contributed by atoms with van der Waals surface area (Å²) in [7, 11) is 0. The lowest BCUT2D eigenvalue weighted by Crippen LogP contribution is -2.04. The molecular formula is C69H47N5. The van der Waals surface area contributed by atoms with Gasteiger partial charge in [-0.1, -0.05) is 231 Å². The molecule has 0 bridgehead atoms. The molecule has 0 aliphatic carbocycles. The summed E-state index contributed by atoms with van der Waals surface area (Å²) >= 11 is 0. The van der Waals surface area contributed by atoms with E-state index in [-0.39, 0.29) is 0 Å². The van der Waals surface area contributed by atoms with E-state index in [0.29, 0.717) is 17.5 Å². The van der Waals surface area contributed by atoms with Crippen molar-refractivity contribution >= 4 is 49.7 Å². The second-order valence-electron chi connectivity index (χ2n) is 18.4. The minimum Gasteiger partial charge on any atom is -0.309 e. The molecule has 0 fully saturated rings. The minimum atomic E-state index is 0.583. The first-order valence-corrected chi connectivity index (χ1v) is 25.0. The van der Waals surface area contributed by atoms with Gasteiger partial charge in [-0.3, -0.25) is 0 Å². The van der Waals surface area contributed by atoms with E-state index in [9.17, 15) is 0 Å². The highest BCUT2D eigenvalue weighted by Gasteiger charge is 2.24. The molecule has 0 atom stereocenters. The number of para-hydroxylation sites is 3. The van der Waals surface area contributed by atoms with Gasteiger partial charge < -0.3 is 9.13 Å². The molecule has 0 radical (unpaired) electrons. The number of allylic oxidation sites excluding steroid dienone is 4. The first kappa shape index (κ1) is 44.0. The van der Waals surface area contributed by atoms with Crippen LogP contribution in [-0.4, -0.2) is 24.1 Å². The average Bonchev–Trinajstić information content (AvgIpc) is 3.99. The molecule has 0 saturated heterocycles. The van der Waals surface area contributed by atoms with Gasteiger partial charge in [-0.15, -0.1) is 0 Å². The molecule has 5 heteroatoms. The van der Waals surface area contributed by atoms with E-state index in [1.165, 1.54) is 21.8 Å². The lowest BCUT2D eigenvalue weighted by Gasteiger charge is -2.21. The van der Waals surface area contributed by atoms with Crippen molar-refractivity contribution < 1.29 is 0 Å². The summed E-state index contributed by atoms with van der Waals surface area (Å²) in [5, 5.41) is 4.79. The van der Waals surface area contributed by atoms with Crippen LogP contribution in [0.3, 0.4) is 0 Å². The third-order valence-electron chi connectivity index (χ3n) is 14.0. The predicted octanol–water partition coefficient (Wildman–Crippen LogP) is 17.8. The van der Waals surface area contributed by atoms with E-state index >= 15 is 0 Å². The van der Waals surface area contributed by atoms with Crippen LogP contribution in [0.2, 0.25) is 0 Å². The van der Waals surface area contributed by atoms with Crippen molar-refractivity contribution in [2.45, 2.75) is 0 Å². The smallest absolute Gasteiger partial charge is 0.164 e. The maximum Gasteiger partial charge on any atom is 0.164 e. The molecule has 3 aromatic heterocycles.